The lowest BCUT2D eigenvalue weighted by Crippen LogP contribution is -2.42. The van der Waals surface area contributed by atoms with Gasteiger partial charge in [-0.2, -0.15) is 0 Å². The Bertz CT molecular complexity index is 1300. The molecule has 0 aromatic heterocycles. The fourth-order valence-corrected chi connectivity index (χ4v) is 4.95. The quantitative estimate of drug-likeness (QED) is 0.188. The number of rotatable bonds is 6. The summed E-state index contributed by atoms with van der Waals surface area (Å²) < 4.78 is 5.81. The molecule has 4 aromatic carbocycles. The van der Waals surface area contributed by atoms with E-state index in [1.807, 2.05) is 78.9 Å². The van der Waals surface area contributed by atoms with E-state index < -0.39 is 11.3 Å². The normalized spacial score (nSPS) is 17.8. The largest absolute Gasteiger partial charge is 0.425 e. The maximum atomic E-state index is 13.8. The number of benzene rings is 4. The van der Waals surface area contributed by atoms with Gasteiger partial charge >= 0.3 is 5.97 Å². The number of Topliss-reactive ketones (excluding diaryl/α,β-unsaturated/α-hetero) is 1. The Hall–Kier alpha value is -3.69. The Balaban J connectivity index is 1.75. The molecule has 0 radical (unpaired) electrons. The minimum Gasteiger partial charge on any atom is -0.425 e. The number of carbonyl (C=O) groups is 2. The third kappa shape index (κ3) is 3.65. The second kappa shape index (κ2) is 8.68. The van der Waals surface area contributed by atoms with E-state index in [4.69, 9.17) is 16.3 Å². The zero-order valence-electron chi connectivity index (χ0n) is 17.8. The lowest BCUT2D eigenvalue weighted by atomic mass is 9.62. The summed E-state index contributed by atoms with van der Waals surface area (Å²) >= 11 is 6.19. The second-order valence-corrected chi connectivity index (χ2v) is 8.59. The van der Waals surface area contributed by atoms with Crippen LogP contribution in [-0.4, -0.2) is 11.8 Å². The summed E-state index contributed by atoms with van der Waals surface area (Å²) in [6.45, 7) is 0. The highest BCUT2D eigenvalue weighted by Crippen LogP contribution is 2.54. The molecule has 0 aliphatic carbocycles. The van der Waals surface area contributed by atoms with Gasteiger partial charge in [0.05, 0.1) is 0 Å². The first kappa shape index (κ1) is 21.2. The van der Waals surface area contributed by atoms with Crippen molar-refractivity contribution in [1.29, 1.82) is 0 Å². The van der Waals surface area contributed by atoms with Gasteiger partial charge in [-0.05, 0) is 29.3 Å². The molecule has 4 heteroatoms. The van der Waals surface area contributed by atoms with E-state index in [0.29, 0.717) is 16.3 Å². The van der Waals surface area contributed by atoms with E-state index in [2.05, 4.69) is 0 Å². The molecule has 0 N–H and O–H groups in total. The van der Waals surface area contributed by atoms with Crippen LogP contribution in [0.5, 0.6) is 5.75 Å². The van der Waals surface area contributed by atoms with Crippen molar-refractivity contribution < 1.29 is 14.3 Å². The monoisotopic (exact) mass is 452 g/mol. The maximum Gasteiger partial charge on any atom is 0.327 e. The maximum absolute atomic E-state index is 13.8. The van der Waals surface area contributed by atoms with Crippen molar-refractivity contribution >= 4 is 23.4 Å². The number of ether oxygens (including phenoxy) is 1. The molecule has 2 atom stereocenters. The molecule has 1 heterocycles. The Morgan fingerprint density at radius 1 is 0.788 bits per heavy atom. The number of ketones is 1. The second-order valence-electron chi connectivity index (χ2n) is 8.16. The van der Waals surface area contributed by atoms with Crippen molar-refractivity contribution in [1.82, 2.24) is 0 Å². The molecular weight excluding hydrogens is 432 g/mol. The zero-order valence-corrected chi connectivity index (χ0v) is 18.5. The Morgan fingerprint density at radius 2 is 1.39 bits per heavy atom. The zero-order chi connectivity index (χ0) is 22.8. The van der Waals surface area contributed by atoms with E-state index in [1.165, 1.54) is 0 Å². The molecule has 0 saturated carbocycles. The minimum absolute atomic E-state index is 0.0324. The van der Waals surface area contributed by atoms with Gasteiger partial charge in [-0.25, -0.2) is 0 Å². The number of esters is 1. The SMILES string of the molecule is O=C(C[C@@H](c1ccccc1)[C@@]1(c2ccc(Cl)cc2)C(=O)Oc2ccccc21)c1ccccc1. The molecule has 0 amide bonds. The molecule has 33 heavy (non-hydrogen) atoms. The summed E-state index contributed by atoms with van der Waals surface area (Å²) in [4.78, 5) is 27.3. The van der Waals surface area contributed by atoms with Gasteiger partial charge in [-0.1, -0.05) is 103 Å². The molecular formula is C29H21ClO3. The fourth-order valence-electron chi connectivity index (χ4n) is 4.82. The molecule has 3 nitrogen and oxygen atoms in total. The number of para-hydroxylation sites is 1. The van der Waals surface area contributed by atoms with Gasteiger partial charge in [0.1, 0.15) is 11.2 Å². The highest BCUT2D eigenvalue weighted by molar-refractivity contribution is 6.30. The van der Waals surface area contributed by atoms with Crippen LogP contribution >= 0.6 is 11.6 Å². The molecule has 0 unspecified atom stereocenters. The molecule has 0 bridgehead atoms. The van der Waals surface area contributed by atoms with Crippen molar-refractivity contribution in [2.45, 2.75) is 17.8 Å². The molecule has 0 saturated heterocycles. The van der Waals surface area contributed by atoms with Gasteiger partial charge in [-0.3, -0.25) is 9.59 Å². The number of fused-ring (bicyclic) bond motifs is 1. The molecule has 1 aliphatic heterocycles. The smallest absolute Gasteiger partial charge is 0.327 e. The Kier molecular flexibility index (Phi) is 5.57. The summed E-state index contributed by atoms with van der Waals surface area (Å²) in [7, 11) is 0. The molecule has 4 aromatic rings. The topological polar surface area (TPSA) is 43.4 Å². The summed E-state index contributed by atoms with van der Waals surface area (Å²) in [5, 5.41) is 0.574. The molecule has 0 spiro atoms. The Morgan fingerprint density at radius 3 is 2.09 bits per heavy atom. The van der Waals surface area contributed by atoms with Gasteiger partial charge in [0.25, 0.3) is 0 Å². The predicted molar refractivity (Wildman–Crippen MR) is 129 cm³/mol. The van der Waals surface area contributed by atoms with Crippen LogP contribution < -0.4 is 4.74 Å². The van der Waals surface area contributed by atoms with Crippen molar-refractivity contribution in [2.24, 2.45) is 0 Å². The summed E-state index contributed by atoms with van der Waals surface area (Å²) in [5.74, 6) is -0.384. The predicted octanol–water partition coefficient (Wildman–Crippen LogP) is 6.60. The van der Waals surface area contributed by atoms with Crippen LogP contribution in [0.4, 0.5) is 0 Å². The number of hydrogen-bond donors (Lipinski definition) is 0. The van der Waals surface area contributed by atoms with Gasteiger partial charge in [0.2, 0.25) is 0 Å². The molecule has 162 valence electrons. The van der Waals surface area contributed by atoms with Gasteiger partial charge in [0, 0.05) is 28.5 Å². The minimum atomic E-state index is -1.19. The van der Waals surface area contributed by atoms with Crippen LogP contribution in [0.25, 0.3) is 0 Å². The molecule has 1 aliphatic rings. The van der Waals surface area contributed by atoms with Crippen LogP contribution in [0.15, 0.2) is 109 Å². The third-order valence-electron chi connectivity index (χ3n) is 6.35. The first-order valence-electron chi connectivity index (χ1n) is 10.8. The van der Waals surface area contributed by atoms with Crippen LogP contribution in [0, 0.1) is 0 Å². The highest BCUT2D eigenvalue weighted by atomic mass is 35.5. The van der Waals surface area contributed by atoms with Gasteiger partial charge in [-0.15, -0.1) is 0 Å². The first-order chi connectivity index (χ1) is 16.1. The van der Waals surface area contributed by atoms with Crippen LogP contribution in [-0.2, 0) is 10.2 Å². The van der Waals surface area contributed by atoms with Crippen LogP contribution in [0.1, 0.15) is 39.4 Å². The van der Waals surface area contributed by atoms with Crippen LogP contribution in [0.3, 0.4) is 0 Å². The highest BCUT2D eigenvalue weighted by Gasteiger charge is 2.56. The van der Waals surface area contributed by atoms with E-state index in [-0.39, 0.29) is 18.2 Å². The van der Waals surface area contributed by atoms with Crippen LogP contribution in [0.2, 0.25) is 5.02 Å². The number of halogens is 1. The van der Waals surface area contributed by atoms with E-state index in [9.17, 15) is 9.59 Å². The van der Waals surface area contributed by atoms with Gasteiger partial charge < -0.3 is 4.74 Å². The Labute approximate surface area is 197 Å². The van der Waals surface area contributed by atoms with E-state index in [0.717, 1.165) is 16.7 Å². The molecule has 0 fully saturated rings. The summed E-state index contributed by atoms with van der Waals surface area (Å²) in [5.41, 5.74) is 1.82. The first-order valence-corrected chi connectivity index (χ1v) is 11.2. The van der Waals surface area contributed by atoms with E-state index >= 15 is 0 Å². The average molecular weight is 453 g/mol. The standard InChI is InChI=1S/C29H21ClO3/c30-23-17-15-22(16-18-23)29(24-13-7-8-14-27(24)33-28(29)32)25(20-9-3-1-4-10-20)19-26(31)21-11-5-2-6-12-21/h1-18,25H,19H2/t25-,29-/m0/s1. The van der Waals surface area contributed by atoms with Crippen molar-refractivity contribution in [3.63, 3.8) is 0 Å². The lowest BCUT2D eigenvalue weighted by Gasteiger charge is -2.35. The average Bonchev–Trinajstić information content (AvgIpc) is 3.16. The summed E-state index contributed by atoms with van der Waals surface area (Å²) in [6.07, 6.45) is 0.139. The fraction of sp³-hybridized carbons (Fsp3) is 0.103. The third-order valence-corrected chi connectivity index (χ3v) is 6.60. The van der Waals surface area contributed by atoms with Crippen molar-refractivity contribution in [3.8, 4) is 5.75 Å². The van der Waals surface area contributed by atoms with Crippen molar-refractivity contribution in [2.75, 3.05) is 0 Å². The number of hydrogen-bond acceptors (Lipinski definition) is 3. The van der Waals surface area contributed by atoms with E-state index in [1.54, 1.807) is 30.3 Å². The number of carbonyl (C=O) groups excluding carboxylic acids is 2. The van der Waals surface area contributed by atoms with Gasteiger partial charge in [0.15, 0.2) is 5.78 Å². The molecule has 5 rings (SSSR count). The lowest BCUT2D eigenvalue weighted by molar-refractivity contribution is -0.137. The van der Waals surface area contributed by atoms with Crippen molar-refractivity contribution in [3.05, 3.63) is 136 Å². The summed E-state index contributed by atoms with van der Waals surface area (Å²) in [6, 6.07) is 33.6.